The van der Waals surface area contributed by atoms with Crippen LogP contribution in [0.15, 0.2) is 0 Å². The normalized spacial score (nSPS) is 16.8. The Kier molecular flexibility index (Phi) is 2.75. The molecule has 0 spiro atoms. The Morgan fingerprint density at radius 1 is 1.06 bits per heavy atom. The van der Waals surface area contributed by atoms with E-state index in [0.29, 0.717) is 25.4 Å². The van der Waals surface area contributed by atoms with Gasteiger partial charge in [0.1, 0.15) is 5.75 Å². The Bertz CT molecular complexity index is 494. The van der Waals surface area contributed by atoms with Crippen molar-refractivity contribution in [1.82, 2.24) is 0 Å². The molecule has 1 aromatic rings. The lowest BCUT2D eigenvalue weighted by atomic mass is 9.91. The van der Waals surface area contributed by atoms with Crippen LogP contribution in [-0.4, -0.2) is 18.3 Å². The second-order valence-corrected chi connectivity index (χ2v) is 4.68. The molecule has 2 aliphatic heterocycles. The van der Waals surface area contributed by atoms with Crippen LogP contribution in [0, 0.1) is 11.3 Å². The van der Waals surface area contributed by atoms with Crippen LogP contribution in [0.5, 0.6) is 17.2 Å². The summed E-state index contributed by atoms with van der Waals surface area (Å²) in [4.78, 5) is 0. The van der Waals surface area contributed by atoms with E-state index < -0.39 is 0 Å². The number of nitriles is 1. The van der Waals surface area contributed by atoms with Gasteiger partial charge in [0.05, 0.1) is 25.7 Å². The van der Waals surface area contributed by atoms with Crippen molar-refractivity contribution < 1.29 is 14.6 Å². The molecule has 0 bridgehead atoms. The van der Waals surface area contributed by atoms with Crippen molar-refractivity contribution in [2.75, 3.05) is 13.2 Å². The van der Waals surface area contributed by atoms with Gasteiger partial charge in [-0.3, -0.25) is 0 Å². The number of phenols is 1. The zero-order valence-corrected chi connectivity index (χ0v) is 10.2. The number of aromatic hydroxyl groups is 1. The predicted octanol–water partition coefficient (Wildman–Crippen LogP) is 2.11. The third kappa shape index (κ3) is 1.59. The molecular weight excluding hydrogens is 230 g/mol. The third-order valence-corrected chi connectivity index (χ3v) is 3.58. The summed E-state index contributed by atoms with van der Waals surface area (Å²) in [5.41, 5.74) is 2.69. The number of hydrogen-bond donors (Lipinski definition) is 1. The predicted molar refractivity (Wildman–Crippen MR) is 65.1 cm³/mol. The molecule has 0 aromatic heterocycles. The Hall–Kier alpha value is -1.89. The van der Waals surface area contributed by atoms with Gasteiger partial charge in [0.2, 0.25) is 0 Å². The molecule has 0 radical (unpaired) electrons. The molecule has 0 atom stereocenters. The molecule has 1 aromatic carbocycles. The monoisotopic (exact) mass is 245 g/mol. The van der Waals surface area contributed by atoms with Crippen LogP contribution in [-0.2, 0) is 19.3 Å². The van der Waals surface area contributed by atoms with E-state index in [0.717, 1.165) is 48.1 Å². The first-order valence-corrected chi connectivity index (χ1v) is 6.35. The Balaban J connectivity index is 2.24. The summed E-state index contributed by atoms with van der Waals surface area (Å²) in [6, 6.07) is 2.19. The summed E-state index contributed by atoms with van der Waals surface area (Å²) in [5, 5.41) is 19.3. The standard InChI is InChI=1S/C14H15NO3/c15-6-5-10-9-3-1-8-18-14(9)12(16)11-4-2-7-17-13(10)11/h16H,1-5,7-8H2. The minimum absolute atomic E-state index is 0.223. The summed E-state index contributed by atoms with van der Waals surface area (Å²) in [6.45, 7) is 1.29. The van der Waals surface area contributed by atoms with E-state index >= 15 is 0 Å². The first-order valence-electron chi connectivity index (χ1n) is 6.35. The van der Waals surface area contributed by atoms with Gasteiger partial charge in [-0.15, -0.1) is 0 Å². The van der Waals surface area contributed by atoms with Crippen molar-refractivity contribution in [3.63, 3.8) is 0 Å². The molecule has 0 saturated heterocycles. The fourth-order valence-electron chi connectivity index (χ4n) is 2.78. The number of ether oxygens (including phenoxy) is 2. The highest BCUT2D eigenvalue weighted by Gasteiger charge is 2.28. The van der Waals surface area contributed by atoms with Crippen LogP contribution in [0.4, 0.5) is 0 Å². The van der Waals surface area contributed by atoms with Crippen molar-refractivity contribution in [3.8, 4) is 23.3 Å². The maximum absolute atomic E-state index is 10.3. The largest absolute Gasteiger partial charge is 0.504 e. The third-order valence-electron chi connectivity index (χ3n) is 3.58. The molecule has 2 heterocycles. The zero-order valence-electron chi connectivity index (χ0n) is 10.2. The van der Waals surface area contributed by atoms with E-state index in [1.54, 1.807) is 0 Å². The second kappa shape index (κ2) is 4.41. The Morgan fingerprint density at radius 3 is 2.44 bits per heavy atom. The average molecular weight is 245 g/mol. The van der Waals surface area contributed by atoms with Crippen LogP contribution >= 0.6 is 0 Å². The number of benzene rings is 1. The smallest absolute Gasteiger partial charge is 0.164 e. The van der Waals surface area contributed by atoms with Crippen LogP contribution < -0.4 is 9.47 Å². The summed E-state index contributed by atoms with van der Waals surface area (Å²) in [6.07, 6.45) is 3.76. The Labute approximate surface area is 106 Å². The molecule has 0 fully saturated rings. The number of fused-ring (bicyclic) bond motifs is 2. The van der Waals surface area contributed by atoms with Crippen molar-refractivity contribution in [2.24, 2.45) is 0 Å². The van der Waals surface area contributed by atoms with Crippen molar-refractivity contribution in [1.29, 1.82) is 5.26 Å². The van der Waals surface area contributed by atoms with Crippen molar-refractivity contribution >= 4 is 0 Å². The van der Waals surface area contributed by atoms with Gasteiger partial charge in [0.25, 0.3) is 0 Å². The van der Waals surface area contributed by atoms with Crippen LogP contribution in [0.25, 0.3) is 0 Å². The Morgan fingerprint density at radius 2 is 1.72 bits per heavy atom. The lowest BCUT2D eigenvalue weighted by Gasteiger charge is -2.28. The van der Waals surface area contributed by atoms with Gasteiger partial charge in [-0.05, 0) is 25.7 Å². The number of hydrogen-bond acceptors (Lipinski definition) is 4. The van der Waals surface area contributed by atoms with E-state index in [1.165, 1.54) is 0 Å². The zero-order chi connectivity index (χ0) is 12.5. The lowest BCUT2D eigenvalue weighted by molar-refractivity contribution is 0.254. The molecule has 2 aliphatic rings. The second-order valence-electron chi connectivity index (χ2n) is 4.68. The van der Waals surface area contributed by atoms with Crippen molar-refractivity contribution in [2.45, 2.75) is 32.1 Å². The minimum Gasteiger partial charge on any atom is -0.504 e. The topological polar surface area (TPSA) is 62.5 Å². The van der Waals surface area contributed by atoms with Gasteiger partial charge >= 0.3 is 0 Å². The SMILES string of the molecule is N#CCc1c2c(c(O)c3c1OCCC3)OCCC2. The first kappa shape index (κ1) is 11.2. The number of rotatable bonds is 1. The van der Waals surface area contributed by atoms with E-state index in [9.17, 15) is 5.11 Å². The van der Waals surface area contributed by atoms with E-state index in [2.05, 4.69) is 6.07 Å². The van der Waals surface area contributed by atoms with E-state index in [4.69, 9.17) is 14.7 Å². The summed E-state index contributed by atoms with van der Waals surface area (Å²) >= 11 is 0. The molecule has 1 N–H and O–H groups in total. The van der Waals surface area contributed by atoms with Crippen LogP contribution in [0.2, 0.25) is 0 Å². The first-order chi connectivity index (χ1) is 8.83. The van der Waals surface area contributed by atoms with Gasteiger partial charge in [-0.25, -0.2) is 0 Å². The van der Waals surface area contributed by atoms with Crippen molar-refractivity contribution in [3.05, 3.63) is 16.7 Å². The molecule has 0 aliphatic carbocycles. The summed E-state index contributed by atoms with van der Waals surface area (Å²) < 4.78 is 11.3. The average Bonchev–Trinajstić information content (AvgIpc) is 2.43. The van der Waals surface area contributed by atoms with E-state index in [1.807, 2.05) is 0 Å². The van der Waals surface area contributed by atoms with Crippen LogP contribution in [0.3, 0.4) is 0 Å². The molecule has 0 unspecified atom stereocenters. The number of phenolic OH excluding ortho intramolecular Hbond substituents is 1. The van der Waals surface area contributed by atoms with Gasteiger partial charge in [-0.1, -0.05) is 0 Å². The summed E-state index contributed by atoms with van der Waals surface area (Å²) in [5.74, 6) is 1.53. The van der Waals surface area contributed by atoms with Crippen LogP contribution in [0.1, 0.15) is 29.5 Å². The minimum atomic E-state index is 0.223. The van der Waals surface area contributed by atoms with Gasteiger partial charge < -0.3 is 14.6 Å². The molecular formula is C14H15NO3. The van der Waals surface area contributed by atoms with Gasteiger partial charge in [0, 0.05) is 16.7 Å². The molecule has 0 amide bonds. The molecule has 3 rings (SSSR count). The maximum atomic E-state index is 10.3. The lowest BCUT2D eigenvalue weighted by Crippen LogP contribution is -2.17. The highest BCUT2D eigenvalue weighted by Crippen LogP contribution is 2.47. The summed E-state index contributed by atoms with van der Waals surface area (Å²) in [7, 11) is 0. The highest BCUT2D eigenvalue weighted by molar-refractivity contribution is 5.64. The van der Waals surface area contributed by atoms with Gasteiger partial charge in [0.15, 0.2) is 11.5 Å². The fraction of sp³-hybridized carbons (Fsp3) is 0.500. The van der Waals surface area contributed by atoms with Gasteiger partial charge in [-0.2, -0.15) is 5.26 Å². The molecule has 94 valence electrons. The van der Waals surface area contributed by atoms with E-state index in [-0.39, 0.29) is 5.75 Å². The quantitative estimate of drug-likeness (QED) is 0.823. The maximum Gasteiger partial charge on any atom is 0.164 e. The molecule has 18 heavy (non-hydrogen) atoms. The molecule has 4 heteroatoms. The highest BCUT2D eigenvalue weighted by atomic mass is 16.5. The molecule has 0 saturated carbocycles. The number of nitrogens with zero attached hydrogens (tertiary/aromatic N) is 1. The molecule has 4 nitrogen and oxygen atoms in total. The fourth-order valence-corrected chi connectivity index (χ4v) is 2.78.